The number of hydrogen-bond acceptors (Lipinski definition) is 6. The highest BCUT2D eigenvalue weighted by molar-refractivity contribution is 7.91. The lowest BCUT2D eigenvalue weighted by Crippen LogP contribution is -2.40. The van der Waals surface area contributed by atoms with Crippen LogP contribution >= 0.6 is 11.3 Å². The first-order chi connectivity index (χ1) is 11.9. The van der Waals surface area contributed by atoms with Crippen LogP contribution in [-0.4, -0.2) is 38.5 Å². The van der Waals surface area contributed by atoms with E-state index in [1.54, 1.807) is 36.4 Å². The van der Waals surface area contributed by atoms with E-state index in [1.165, 1.54) is 6.07 Å². The Morgan fingerprint density at radius 2 is 1.92 bits per heavy atom. The molecule has 1 aromatic carbocycles. The molecule has 0 saturated carbocycles. The van der Waals surface area contributed by atoms with Crippen molar-refractivity contribution in [1.29, 1.82) is 0 Å². The van der Waals surface area contributed by atoms with Crippen molar-refractivity contribution in [2.45, 2.75) is 17.2 Å². The van der Waals surface area contributed by atoms with Crippen LogP contribution in [0, 0.1) is 6.92 Å². The van der Waals surface area contributed by atoms with Crippen molar-refractivity contribution in [3.05, 3.63) is 52.9 Å². The van der Waals surface area contributed by atoms with Gasteiger partial charge in [-0.2, -0.15) is 0 Å². The summed E-state index contributed by atoms with van der Waals surface area (Å²) >= 11 is 1.15. The number of thiophene rings is 1. The van der Waals surface area contributed by atoms with Crippen LogP contribution < -0.4 is 4.72 Å². The first-order valence-corrected chi connectivity index (χ1v) is 9.77. The number of nitrogens with zero attached hydrogens (tertiary/aromatic N) is 1. The third kappa shape index (κ3) is 3.89. The van der Waals surface area contributed by atoms with Gasteiger partial charge >= 0.3 is 6.09 Å². The fourth-order valence-electron chi connectivity index (χ4n) is 2.44. The number of carbonyl (C=O) groups is 2. The van der Waals surface area contributed by atoms with Crippen molar-refractivity contribution >= 4 is 33.4 Å². The molecule has 1 saturated heterocycles. The molecule has 1 aromatic heterocycles. The van der Waals surface area contributed by atoms with E-state index in [1.807, 2.05) is 6.92 Å². The molecule has 1 N–H and O–H groups in total. The number of imide groups is 1. The van der Waals surface area contributed by atoms with E-state index >= 15 is 0 Å². The minimum absolute atomic E-state index is 0.134. The predicted molar refractivity (Wildman–Crippen MR) is 91.6 cm³/mol. The fourth-order valence-corrected chi connectivity index (χ4v) is 4.95. The molecule has 1 aliphatic heterocycles. The Morgan fingerprint density at radius 3 is 2.48 bits per heavy atom. The lowest BCUT2D eigenvalue weighted by Gasteiger charge is -2.22. The molecule has 25 heavy (non-hydrogen) atoms. The number of hydrogen-bond donors (Lipinski definition) is 1. The zero-order chi connectivity index (χ0) is 18.0. The molecule has 0 spiro atoms. The van der Waals surface area contributed by atoms with Gasteiger partial charge in [-0.1, -0.05) is 30.3 Å². The highest BCUT2D eigenvalue weighted by atomic mass is 32.2. The van der Waals surface area contributed by atoms with Gasteiger partial charge in [0.05, 0.1) is 12.6 Å². The molecular weight excluding hydrogens is 364 g/mol. The molecule has 9 heteroatoms. The topological polar surface area (TPSA) is 92.8 Å². The first kappa shape index (κ1) is 17.6. The van der Waals surface area contributed by atoms with Gasteiger partial charge in [-0.15, -0.1) is 11.3 Å². The molecule has 132 valence electrons. The van der Waals surface area contributed by atoms with Crippen LogP contribution in [0.4, 0.5) is 4.79 Å². The van der Waals surface area contributed by atoms with Gasteiger partial charge < -0.3 is 4.74 Å². The highest BCUT2D eigenvalue weighted by Gasteiger charge is 2.34. The number of aryl methyl sites for hydroxylation is 1. The third-order valence-corrected chi connectivity index (χ3v) is 6.65. The van der Waals surface area contributed by atoms with Crippen LogP contribution in [0.5, 0.6) is 0 Å². The molecule has 2 amide bonds. The standard InChI is InChI=1S/C16H16N2O5S2/c1-11-7-8-15(24-11)25(21,22)17-13(12-5-3-2-4-6-12)9-18-14(19)10-23-16(18)20/h2-8,13,17H,9-10H2,1H3. The van der Waals surface area contributed by atoms with Gasteiger partial charge in [-0.05, 0) is 24.6 Å². The highest BCUT2D eigenvalue weighted by Crippen LogP contribution is 2.24. The van der Waals surface area contributed by atoms with E-state index in [0.29, 0.717) is 5.56 Å². The summed E-state index contributed by atoms with van der Waals surface area (Å²) in [6.07, 6.45) is -0.767. The van der Waals surface area contributed by atoms with E-state index < -0.39 is 28.1 Å². The number of rotatable bonds is 6. The maximum Gasteiger partial charge on any atom is 0.417 e. The zero-order valence-corrected chi connectivity index (χ0v) is 15.0. The Kier molecular flexibility index (Phi) is 4.89. The van der Waals surface area contributed by atoms with E-state index in [0.717, 1.165) is 21.1 Å². The second-order valence-electron chi connectivity index (χ2n) is 5.51. The molecule has 0 radical (unpaired) electrons. The average molecular weight is 380 g/mol. The lowest BCUT2D eigenvalue weighted by molar-refractivity contribution is -0.126. The van der Waals surface area contributed by atoms with Crippen LogP contribution in [0.3, 0.4) is 0 Å². The number of ether oxygens (including phenoxy) is 1. The Labute approximate surface area is 149 Å². The average Bonchev–Trinajstić information content (AvgIpc) is 3.16. The second kappa shape index (κ2) is 6.95. The van der Waals surface area contributed by atoms with Crippen LogP contribution in [0.15, 0.2) is 46.7 Å². The summed E-state index contributed by atoms with van der Waals surface area (Å²) < 4.78 is 32.8. The molecule has 1 aliphatic rings. The maximum absolute atomic E-state index is 12.6. The Morgan fingerprint density at radius 1 is 1.20 bits per heavy atom. The molecule has 0 aliphatic carbocycles. The van der Waals surface area contributed by atoms with Gasteiger partial charge in [-0.25, -0.2) is 22.8 Å². The lowest BCUT2D eigenvalue weighted by atomic mass is 10.1. The van der Waals surface area contributed by atoms with Crippen molar-refractivity contribution < 1.29 is 22.7 Å². The quantitative estimate of drug-likeness (QED) is 0.828. The summed E-state index contributed by atoms with van der Waals surface area (Å²) in [5.41, 5.74) is 0.645. The van der Waals surface area contributed by atoms with Crippen molar-refractivity contribution in [3.8, 4) is 0 Å². The summed E-state index contributed by atoms with van der Waals surface area (Å²) in [7, 11) is -3.78. The molecule has 3 rings (SSSR count). The molecule has 1 fully saturated rings. The Balaban J connectivity index is 1.89. The van der Waals surface area contributed by atoms with Crippen molar-refractivity contribution in [2.75, 3.05) is 13.2 Å². The molecule has 0 bridgehead atoms. The van der Waals surface area contributed by atoms with Gasteiger partial charge in [0, 0.05) is 4.88 Å². The number of nitrogens with one attached hydrogen (secondary N) is 1. The number of sulfonamides is 1. The number of cyclic esters (lactones) is 1. The number of benzene rings is 1. The molecule has 2 heterocycles. The maximum atomic E-state index is 12.6. The van der Waals surface area contributed by atoms with E-state index in [4.69, 9.17) is 4.74 Å². The van der Waals surface area contributed by atoms with Crippen molar-refractivity contribution in [1.82, 2.24) is 9.62 Å². The third-order valence-electron chi connectivity index (χ3n) is 3.69. The number of amides is 2. The largest absolute Gasteiger partial charge is 0.439 e. The Bertz CT molecular complexity index is 876. The molecule has 7 nitrogen and oxygen atoms in total. The Hall–Kier alpha value is -2.23. The van der Waals surface area contributed by atoms with Gasteiger partial charge in [0.2, 0.25) is 0 Å². The minimum atomic E-state index is -3.78. The van der Waals surface area contributed by atoms with Crippen LogP contribution in [0.25, 0.3) is 0 Å². The van der Waals surface area contributed by atoms with Gasteiger partial charge in [0.15, 0.2) is 6.61 Å². The summed E-state index contributed by atoms with van der Waals surface area (Å²) in [6, 6.07) is 11.3. The van der Waals surface area contributed by atoms with Crippen LogP contribution in [-0.2, 0) is 19.6 Å². The van der Waals surface area contributed by atoms with Gasteiger partial charge in [0.25, 0.3) is 15.9 Å². The second-order valence-corrected chi connectivity index (χ2v) is 8.74. The molecule has 1 atom stereocenters. The molecule has 2 aromatic rings. The van der Waals surface area contributed by atoms with Gasteiger partial charge in [0.1, 0.15) is 4.21 Å². The van der Waals surface area contributed by atoms with E-state index in [2.05, 4.69) is 4.72 Å². The molecular formula is C16H16N2O5S2. The smallest absolute Gasteiger partial charge is 0.417 e. The SMILES string of the molecule is Cc1ccc(S(=O)(=O)NC(CN2C(=O)COC2=O)c2ccccc2)s1. The minimum Gasteiger partial charge on any atom is -0.439 e. The zero-order valence-electron chi connectivity index (χ0n) is 13.3. The van der Waals surface area contributed by atoms with Gasteiger partial charge in [-0.3, -0.25) is 4.79 Å². The van der Waals surface area contributed by atoms with E-state index in [9.17, 15) is 18.0 Å². The summed E-state index contributed by atoms with van der Waals surface area (Å²) in [5, 5.41) is 0. The van der Waals surface area contributed by atoms with E-state index in [-0.39, 0.29) is 17.4 Å². The van der Waals surface area contributed by atoms with Crippen molar-refractivity contribution in [3.63, 3.8) is 0 Å². The first-order valence-electron chi connectivity index (χ1n) is 7.47. The van der Waals surface area contributed by atoms with Crippen molar-refractivity contribution in [2.24, 2.45) is 0 Å². The summed E-state index contributed by atoms with van der Waals surface area (Å²) in [5.74, 6) is -0.489. The fraction of sp³-hybridized carbons (Fsp3) is 0.250. The summed E-state index contributed by atoms with van der Waals surface area (Å²) in [4.78, 5) is 25.3. The normalized spacial score (nSPS) is 16.1. The summed E-state index contributed by atoms with van der Waals surface area (Å²) in [6.45, 7) is 1.36. The monoisotopic (exact) mass is 380 g/mol. The number of carbonyl (C=O) groups excluding carboxylic acids is 2. The predicted octanol–water partition coefficient (Wildman–Crippen LogP) is 2.05. The van der Waals surface area contributed by atoms with Crippen LogP contribution in [0.1, 0.15) is 16.5 Å². The molecule has 1 unspecified atom stereocenters. The van der Waals surface area contributed by atoms with Crippen LogP contribution in [0.2, 0.25) is 0 Å².